The molecule has 134 valence electrons. The van der Waals surface area contributed by atoms with Gasteiger partial charge in [0.25, 0.3) is 10.0 Å². The lowest BCUT2D eigenvalue weighted by Crippen LogP contribution is -2.12. The zero-order valence-corrected chi connectivity index (χ0v) is 16.2. The van der Waals surface area contributed by atoms with Crippen molar-refractivity contribution in [1.82, 2.24) is 0 Å². The topological polar surface area (TPSA) is 55.4 Å². The van der Waals surface area contributed by atoms with E-state index in [1.807, 2.05) is 0 Å². The van der Waals surface area contributed by atoms with E-state index in [0.29, 0.717) is 27.2 Å². The van der Waals surface area contributed by atoms with Gasteiger partial charge in [-0.2, -0.15) is 0 Å². The fourth-order valence-corrected chi connectivity index (χ4v) is 3.64. The number of ether oxygens (including phenoxy) is 1. The largest absolute Gasteiger partial charge is 0.456 e. The monoisotopic (exact) mass is 427 g/mol. The van der Waals surface area contributed by atoms with Crippen LogP contribution in [0.2, 0.25) is 15.1 Å². The molecule has 0 fully saturated rings. The lowest BCUT2D eigenvalue weighted by molar-refractivity contribution is 0.482. The molecule has 0 unspecified atom stereocenters. The molecule has 4 nitrogen and oxygen atoms in total. The highest BCUT2D eigenvalue weighted by atomic mass is 35.5. The molecule has 0 aliphatic heterocycles. The number of benzene rings is 3. The summed E-state index contributed by atoms with van der Waals surface area (Å²) in [5.74, 6) is 0.949. The normalized spacial score (nSPS) is 11.2. The van der Waals surface area contributed by atoms with E-state index in [1.165, 1.54) is 30.3 Å². The Balaban J connectivity index is 1.78. The quantitative estimate of drug-likeness (QED) is 0.523. The highest BCUT2D eigenvalue weighted by Crippen LogP contribution is 2.30. The van der Waals surface area contributed by atoms with Gasteiger partial charge in [-0.15, -0.1) is 0 Å². The summed E-state index contributed by atoms with van der Waals surface area (Å²) in [6.45, 7) is 0. The van der Waals surface area contributed by atoms with Crippen LogP contribution in [0, 0.1) is 0 Å². The van der Waals surface area contributed by atoms with Crippen LogP contribution < -0.4 is 9.46 Å². The molecule has 0 radical (unpaired) electrons. The summed E-state index contributed by atoms with van der Waals surface area (Å²) in [6, 6.07) is 17.5. The Morgan fingerprint density at radius 3 is 2.12 bits per heavy atom. The Labute approximate surface area is 166 Å². The van der Waals surface area contributed by atoms with E-state index in [9.17, 15) is 8.42 Å². The Hall–Kier alpha value is -1.92. The number of rotatable bonds is 5. The molecule has 0 spiro atoms. The van der Waals surface area contributed by atoms with Gasteiger partial charge < -0.3 is 4.74 Å². The first kappa shape index (κ1) is 18.9. The molecule has 0 aliphatic carbocycles. The van der Waals surface area contributed by atoms with E-state index in [1.54, 1.807) is 36.4 Å². The Morgan fingerprint density at radius 1 is 0.769 bits per heavy atom. The summed E-state index contributed by atoms with van der Waals surface area (Å²) in [7, 11) is -3.77. The molecule has 0 heterocycles. The maximum absolute atomic E-state index is 12.5. The third kappa shape index (κ3) is 4.43. The average Bonchev–Trinajstić information content (AvgIpc) is 2.60. The van der Waals surface area contributed by atoms with Gasteiger partial charge in [-0.05, 0) is 54.6 Å². The van der Waals surface area contributed by atoms with E-state index in [4.69, 9.17) is 39.5 Å². The highest BCUT2D eigenvalue weighted by molar-refractivity contribution is 7.92. The van der Waals surface area contributed by atoms with E-state index < -0.39 is 10.0 Å². The smallest absolute Gasteiger partial charge is 0.261 e. The van der Waals surface area contributed by atoms with Crippen molar-refractivity contribution in [3.63, 3.8) is 0 Å². The average molecular weight is 429 g/mol. The number of para-hydroxylation sites is 1. The number of halogens is 3. The van der Waals surface area contributed by atoms with Crippen LogP contribution >= 0.6 is 34.8 Å². The zero-order chi connectivity index (χ0) is 18.7. The minimum Gasteiger partial charge on any atom is -0.456 e. The standard InChI is InChI=1S/C18H12Cl3NO3S/c19-15-10-5-12(11-17(15)21)22-26(23,24)14-8-6-13(7-9-14)25-18-4-2-1-3-16(18)20/h1-11,22H. The van der Waals surface area contributed by atoms with Gasteiger partial charge in [0.05, 0.1) is 25.7 Å². The van der Waals surface area contributed by atoms with Crippen LogP contribution in [0.1, 0.15) is 0 Å². The van der Waals surface area contributed by atoms with Gasteiger partial charge in [0.2, 0.25) is 0 Å². The summed E-state index contributed by atoms with van der Waals surface area (Å²) in [4.78, 5) is 0.0788. The first-order chi connectivity index (χ1) is 12.3. The molecule has 8 heteroatoms. The lowest BCUT2D eigenvalue weighted by Gasteiger charge is -2.10. The first-order valence-electron chi connectivity index (χ1n) is 7.35. The number of hydrogen-bond acceptors (Lipinski definition) is 3. The second kappa shape index (κ2) is 7.76. The van der Waals surface area contributed by atoms with Gasteiger partial charge in [-0.1, -0.05) is 46.9 Å². The molecule has 0 saturated heterocycles. The second-order valence-electron chi connectivity index (χ2n) is 5.24. The molecule has 0 saturated carbocycles. The van der Waals surface area contributed by atoms with Gasteiger partial charge >= 0.3 is 0 Å². The maximum atomic E-state index is 12.5. The number of hydrogen-bond donors (Lipinski definition) is 1. The van der Waals surface area contributed by atoms with Gasteiger partial charge in [0.1, 0.15) is 11.5 Å². The first-order valence-corrected chi connectivity index (χ1v) is 9.97. The van der Waals surface area contributed by atoms with Gasteiger partial charge in [0, 0.05) is 0 Å². The molecule has 0 aliphatic rings. The molecule has 0 bridgehead atoms. The maximum Gasteiger partial charge on any atom is 0.261 e. The predicted molar refractivity (Wildman–Crippen MR) is 105 cm³/mol. The van der Waals surface area contributed by atoms with Crippen LogP contribution in [0.25, 0.3) is 0 Å². The Kier molecular flexibility index (Phi) is 5.63. The van der Waals surface area contributed by atoms with Gasteiger partial charge in [-0.25, -0.2) is 8.42 Å². The van der Waals surface area contributed by atoms with Crippen LogP contribution in [0.15, 0.2) is 71.6 Å². The van der Waals surface area contributed by atoms with E-state index in [2.05, 4.69) is 4.72 Å². The van der Waals surface area contributed by atoms with Gasteiger partial charge in [0.15, 0.2) is 0 Å². The molecule has 3 aromatic rings. The van der Waals surface area contributed by atoms with E-state index in [0.717, 1.165) is 0 Å². The van der Waals surface area contributed by atoms with Crippen molar-refractivity contribution in [2.45, 2.75) is 4.90 Å². The summed E-state index contributed by atoms with van der Waals surface area (Å²) in [5, 5.41) is 1.07. The molecule has 0 atom stereocenters. The van der Waals surface area contributed by atoms with Gasteiger partial charge in [-0.3, -0.25) is 4.72 Å². The zero-order valence-electron chi connectivity index (χ0n) is 13.1. The SMILES string of the molecule is O=S(=O)(Nc1ccc(Cl)c(Cl)c1)c1ccc(Oc2ccccc2Cl)cc1. The van der Waals surface area contributed by atoms with Crippen molar-refractivity contribution in [1.29, 1.82) is 0 Å². The molecule has 3 aromatic carbocycles. The van der Waals surface area contributed by atoms with Crippen molar-refractivity contribution in [2.75, 3.05) is 4.72 Å². The number of nitrogens with one attached hydrogen (secondary N) is 1. The van der Waals surface area contributed by atoms with Crippen LogP contribution in [0.5, 0.6) is 11.5 Å². The molecular formula is C18H12Cl3NO3S. The van der Waals surface area contributed by atoms with Crippen LogP contribution in [0.3, 0.4) is 0 Å². The molecule has 0 amide bonds. The van der Waals surface area contributed by atoms with E-state index >= 15 is 0 Å². The third-order valence-electron chi connectivity index (χ3n) is 3.37. The Morgan fingerprint density at radius 2 is 1.46 bits per heavy atom. The van der Waals surface area contributed by atoms with Crippen LogP contribution in [0.4, 0.5) is 5.69 Å². The molecular weight excluding hydrogens is 417 g/mol. The van der Waals surface area contributed by atoms with Crippen molar-refractivity contribution in [3.05, 3.63) is 81.8 Å². The summed E-state index contributed by atoms with van der Waals surface area (Å²) in [5.41, 5.74) is 0.316. The van der Waals surface area contributed by atoms with E-state index in [-0.39, 0.29) is 9.92 Å². The highest BCUT2D eigenvalue weighted by Gasteiger charge is 2.15. The Bertz CT molecular complexity index is 1040. The van der Waals surface area contributed by atoms with Crippen LogP contribution in [-0.2, 0) is 10.0 Å². The minimum atomic E-state index is -3.77. The molecule has 3 rings (SSSR count). The molecule has 26 heavy (non-hydrogen) atoms. The summed E-state index contributed by atoms with van der Waals surface area (Å²) >= 11 is 17.8. The molecule has 0 aromatic heterocycles. The van der Waals surface area contributed by atoms with Crippen molar-refractivity contribution in [2.24, 2.45) is 0 Å². The number of sulfonamides is 1. The number of anilines is 1. The summed E-state index contributed by atoms with van der Waals surface area (Å²) in [6.07, 6.45) is 0. The summed E-state index contributed by atoms with van der Waals surface area (Å²) < 4.78 is 33.0. The van der Waals surface area contributed by atoms with Crippen molar-refractivity contribution in [3.8, 4) is 11.5 Å². The minimum absolute atomic E-state index is 0.0788. The second-order valence-corrected chi connectivity index (χ2v) is 8.14. The fourth-order valence-electron chi connectivity index (χ4n) is 2.12. The lowest BCUT2D eigenvalue weighted by atomic mass is 10.3. The van der Waals surface area contributed by atoms with Crippen LogP contribution in [-0.4, -0.2) is 8.42 Å². The van der Waals surface area contributed by atoms with Crippen molar-refractivity contribution < 1.29 is 13.2 Å². The molecule has 1 N–H and O–H groups in total. The fraction of sp³-hybridized carbons (Fsp3) is 0. The van der Waals surface area contributed by atoms with Crippen molar-refractivity contribution >= 4 is 50.5 Å². The third-order valence-corrected chi connectivity index (χ3v) is 5.82. The predicted octanol–water partition coefficient (Wildman–Crippen LogP) is 6.24.